The number of hydrogen-bond donors (Lipinski definition) is 0. The van der Waals surface area contributed by atoms with Crippen molar-refractivity contribution in [2.45, 2.75) is 44.8 Å². The summed E-state index contributed by atoms with van der Waals surface area (Å²) in [5.74, 6) is 0.828. The van der Waals surface area contributed by atoms with Crippen molar-refractivity contribution in [2.24, 2.45) is 0 Å². The van der Waals surface area contributed by atoms with Crippen molar-refractivity contribution in [1.82, 2.24) is 4.90 Å². The van der Waals surface area contributed by atoms with Crippen LogP contribution in [0.1, 0.15) is 37.3 Å². The molecule has 0 spiro atoms. The van der Waals surface area contributed by atoms with Crippen LogP contribution in [-0.4, -0.2) is 31.1 Å². The Labute approximate surface area is 171 Å². The van der Waals surface area contributed by atoms with Gasteiger partial charge in [0.2, 0.25) is 0 Å². The van der Waals surface area contributed by atoms with Crippen LogP contribution in [0.4, 0.5) is 13.2 Å². The number of piperidine rings is 1. The predicted octanol–water partition coefficient (Wildman–Crippen LogP) is 6.22. The van der Waals surface area contributed by atoms with E-state index in [0.717, 1.165) is 54.1 Å². The monoisotopic (exact) mass is 413 g/mol. The molecule has 0 bridgehead atoms. The lowest BCUT2D eigenvalue weighted by Crippen LogP contribution is -2.38. The zero-order valence-corrected chi connectivity index (χ0v) is 17.1. The van der Waals surface area contributed by atoms with Crippen molar-refractivity contribution in [3.8, 4) is 16.9 Å². The molecule has 0 aromatic heterocycles. The van der Waals surface area contributed by atoms with E-state index in [4.69, 9.17) is 4.74 Å². The van der Waals surface area contributed by atoms with Gasteiger partial charge < -0.3 is 9.64 Å². The summed E-state index contributed by atoms with van der Waals surface area (Å²) >= 11 is 0. The van der Waals surface area contributed by atoms with Crippen LogP contribution >= 0.6 is 12.4 Å². The highest BCUT2D eigenvalue weighted by Gasteiger charge is 2.30. The molecule has 0 aliphatic carbocycles. The van der Waals surface area contributed by atoms with E-state index >= 15 is 0 Å². The van der Waals surface area contributed by atoms with Crippen LogP contribution in [0.5, 0.6) is 5.75 Å². The molecule has 1 unspecified atom stereocenters. The third-order valence-corrected chi connectivity index (χ3v) is 5.36. The molecule has 6 heteroatoms. The van der Waals surface area contributed by atoms with Crippen LogP contribution in [0.3, 0.4) is 0 Å². The highest BCUT2D eigenvalue weighted by atomic mass is 35.5. The zero-order chi connectivity index (χ0) is 19.4. The molecular weight excluding hydrogens is 387 g/mol. The van der Waals surface area contributed by atoms with Gasteiger partial charge >= 0.3 is 6.18 Å². The normalized spacial score (nSPS) is 16.3. The molecule has 2 aromatic rings. The van der Waals surface area contributed by atoms with E-state index in [1.807, 2.05) is 18.2 Å². The molecule has 28 heavy (non-hydrogen) atoms. The molecule has 2 aromatic carbocycles. The number of benzene rings is 2. The maximum absolute atomic E-state index is 12.8. The van der Waals surface area contributed by atoms with Crippen LogP contribution in [0.25, 0.3) is 11.1 Å². The fourth-order valence-corrected chi connectivity index (χ4v) is 3.78. The Morgan fingerprint density at radius 1 is 0.964 bits per heavy atom. The average Bonchev–Trinajstić information content (AvgIpc) is 2.68. The van der Waals surface area contributed by atoms with Gasteiger partial charge in [-0.2, -0.15) is 13.2 Å². The summed E-state index contributed by atoms with van der Waals surface area (Å²) in [7, 11) is 1.65. The van der Waals surface area contributed by atoms with Crippen molar-refractivity contribution in [3.05, 3.63) is 53.6 Å². The fourth-order valence-electron chi connectivity index (χ4n) is 3.78. The summed E-state index contributed by atoms with van der Waals surface area (Å²) in [4.78, 5) is 2.51. The van der Waals surface area contributed by atoms with Gasteiger partial charge in [-0.3, -0.25) is 0 Å². The number of halogens is 4. The lowest BCUT2D eigenvalue weighted by atomic mass is 9.97. The van der Waals surface area contributed by atoms with Crippen molar-refractivity contribution < 1.29 is 17.9 Å². The van der Waals surface area contributed by atoms with E-state index in [0.29, 0.717) is 6.04 Å². The number of ether oxygens (including phenoxy) is 1. The van der Waals surface area contributed by atoms with Crippen molar-refractivity contribution in [1.29, 1.82) is 0 Å². The highest BCUT2D eigenvalue weighted by Crippen LogP contribution is 2.33. The Balaban J connectivity index is 0.00000280. The predicted molar refractivity (Wildman–Crippen MR) is 109 cm³/mol. The third kappa shape index (κ3) is 5.42. The number of methoxy groups -OCH3 is 1. The van der Waals surface area contributed by atoms with Crippen molar-refractivity contribution in [3.63, 3.8) is 0 Å². The number of nitrogens with zero attached hydrogens (tertiary/aromatic N) is 1. The van der Waals surface area contributed by atoms with Gasteiger partial charge in [0, 0.05) is 6.04 Å². The molecule has 1 fully saturated rings. The van der Waals surface area contributed by atoms with Gasteiger partial charge in [0.05, 0.1) is 12.7 Å². The van der Waals surface area contributed by atoms with E-state index in [9.17, 15) is 13.2 Å². The second-order valence-corrected chi connectivity index (χ2v) is 7.25. The first-order valence-corrected chi connectivity index (χ1v) is 9.47. The van der Waals surface area contributed by atoms with Crippen LogP contribution in [-0.2, 0) is 12.6 Å². The molecule has 3 rings (SSSR count). The minimum Gasteiger partial charge on any atom is -0.496 e. The molecule has 1 aliphatic heterocycles. The molecule has 1 saturated heterocycles. The third-order valence-electron chi connectivity index (χ3n) is 5.36. The largest absolute Gasteiger partial charge is 0.496 e. The van der Waals surface area contributed by atoms with Crippen LogP contribution < -0.4 is 4.74 Å². The number of likely N-dealkylation sites (tertiary alicyclic amines) is 1. The first-order valence-electron chi connectivity index (χ1n) is 9.47. The smallest absolute Gasteiger partial charge is 0.416 e. The molecule has 0 N–H and O–H groups in total. The lowest BCUT2D eigenvalue weighted by Gasteiger charge is -2.32. The molecule has 0 saturated carbocycles. The van der Waals surface area contributed by atoms with E-state index in [1.54, 1.807) is 7.11 Å². The molecule has 1 atom stereocenters. The first-order chi connectivity index (χ1) is 12.9. The van der Waals surface area contributed by atoms with Crippen molar-refractivity contribution >= 4 is 12.4 Å². The highest BCUT2D eigenvalue weighted by molar-refractivity contribution is 5.85. The second kappa shape index (κ2) is 9.66. The summed E-state index contributed by atoms with van der Waals surface area (Å²) in [6, 6.07) is 11.6. The molecule has 0 amide bonds. The Hall–Kier alpha value is -1.72. The van der Waals surface area contributed by atoms with E-state index < -0.39 is 11.7 Å². The minimum absolute atomic E-state index is 0. The minimum atomic E-state index is -4.31. The maximum Gasteiger partial charge on any atom is 0.416 e. The average molecular weight is 414 g/mol. The molecule has 1 aliphatic rings. The summed E-state index contributed by atoms with van der Waals surface area (Å²) in [6.45, 7) is 4.49. The number of rotatable bonds is 5. The second-order valence-electron chi connectivity index (χ2n) is 7.25. The van der Waals surface area contributed by atoms with E-state index in [-0.39, 0.29) is 12.4 Å². The van der Waals surface area contributed by atoms with Gasteiger partial charge in [0.15, 0.2) is 0 Å². The summed E-state index contributed by atoms with van der Waals surface area (Å²) in [5.41, 5.74) is 2.15. The van der Waals surface area contributed by atoms with E-state index in [1.165, 1.54) is 31.4 Å². The number of hydrogen-bond acceptors (Lipinski definition) is 2. The topological polar surface area (TPSA) is 12.5 Å². The van der Waals surface area contributed by atoms with Gasteiger partial charge in [-0.25, -0.2) is 0 Å². The lowest BCUT2D eigenvalue weighted by molar-refractivity contribution is -0.137. The van der Waals surface area contributed by atoms with Gasteiger partial charge in [-0.1, -0.05) is 24.6 Å². The molecule has 2 nitrogen and oxygen atoms in total. The number of alkyl halides is 3. The van der Waals surface area contributed by atoms with Gasteiger partial charge in [0.1, 0.15) is 5.75 Å². The first kappa shape index (κ1) is 22.6. The van der Waals surface area contributed by atoms with E-state index in [2.05, 4.69) is 11.8 Å². The Morgan fingerprint density at radius 3 is 2.14 bits per heavy atom. The van der Waals surface area contributed by atoms with Crippen LogP contribution in [0.2, 0.25) is 0 Å². The molecular formula is C22H27ClF3NO. The fraction of sp³-hybridized carbons (Fsp3) is 0.455. The van der Waals surface area contributed by atoms with Crippen molar-refractivity contribution in [2.75, 3.05) is 20.2 Å². The Kier molecular flexibility index (Phi) is 7.79. The SMILES string of the molecule is COc1ccc(-c2ccc(C(F)(F)F)cc2)cc1CC(C)N1CCCCC1.Cl. The molecule has 1 heterocycles. The summed E-state index contributed by atoms with van der Waals surface area (Å²) in [6.07, 6.45) is 0.335. The van der Waals surface area contributed by atoms with Crippen LogP contribution in [0.15, 0.2) is 42.5 Å². The Bertz CT molecular complexity index is 755. The molecule has 0 radical (unpaired) electrons. The maximum atomic E-state index is 12.8. The molecule has 154 valence electrons. The van der Waals surface area contributed by atoms with Gasteiger partial charge in [0.25, 0.3) is 0 Å². The zero-order valence-electron chi connectivity index (χ0n) is 16.3. The standard InChI is InChI=1S/C22H26F3NO.ClH/c1-16(26-12-4-3-5-13-26)14-19-15-18(8-11-21(19)27-2)17-6-9-20(10-7-17)22(23,24)25;/h6-11,15-16H,3-5,12-14H2,1-2H3;1H. The quantitative estimate of drug-likeness (QED) is 0.577. The summed E-state index contributed by atoms with van der Waals surface area (Å²) < 4.78 is 43.9. The van der Waals surface area contributed by atoms with Gasteiger partial charge in [-0.05, 0) is 80.2 Å². The Morgan fingerprint density at radius 2 is 1.57 bits per heavy atom. The van der Waals surface area contributed by atoms with Crippen LogP contribution in [0, 0.1) is 0 Å². The summed E-state index contributed by atoms with van der Waals surface area (Å²) in [5, 5.41) is 0. The van der Waals surface area contributed by atoms with Gasteiger partial charge in [-0.15, -0.1) is 12.4 Å².